The number of amides is 2. The fraction of sp³-hybridized carbons (Fsp3) is 0.231. The van der Waals surface area contributed by atoms with Crippen molar-refractivity contribution in [3.05, 3.63) is 46.1 Å². The number of carbonyl (C=O) groups is 2. The first kappa shape index (κ1) is 13.8. The Bertz CT molecular complexity index is 539. The van der Waals surface area contributed by atoms with E-state index >= 15 is 0 Å². The highest BCUT2D eigenvalue weighted by molar-refractivity contribution is 9.10. The van der Waals surface area contributed by atoms with E-state index in [9.17, 15) is 9.59 Å². The number of hydrogen-bond donors (Lipinski definition) is 2. The molecule has 19 heavy (non-hydrogen) atoms. The van der Waals surface area contributed by atoms with Gasteiger partial charge in [-0.2, -0.15) is 0 Å². The van der Waals surface area contributed by atoms with Crippen LogP contribution in [-0.2, 0) is 0 Å². The highest BCUT2D eigenvalue weighted by atomic mass is 79.9. The van der Waals surface area contributed by atoms with Crippen molar-refractivity contribution in [1.29, 1.82) is 0 Å². The molecular weight excluding hydrogens is 310 g/mol. The lowest BCUT2D eigenvalue weighted by molar-refractivity contribution is 0.100. The molecule has 5 nitrogen and oxygen atoms in total. The number of rotatable bonds is 3. The molecule has 0 bridgehead atoms. The summed E-state index contributed by atoms with van der Waals surface area (Å²) >= 11 is 3.32. The average Bonchev–Trinajstić information content (AvgIpc) is 2.39. The van der Waals surface area contributed by atoms with Crippen LogP contribution < -0.4 is 11.1 Å². The fourth-order valence-corrected chi connectivity index (χ4v) is 2.17. The second kappa shape index (κ2) is 5.54. The summed E-state index contributed by atoms with van der Waals surface area (Å²) in [5.41, 5.74) is 6.88. The second-order valence-electron chi connectivity index (χ2n) is 4.12. The van der Waals surface area contributed by atoms with E-state index in [2.05, 4.69) is 21.2 Å². The van der Waals surface area contributed by atoms with Gasteiger partial charge in [0.1, 0.15) is 6.17 Å². The molecule has 2 amide bonds. The smallest absolute Gasteiger partial charge is 0.314 e. The molecule has 1 heterocycles. The summed E-state index contributed by atoms with van der Waals surface area (Å²) in [5, 5.41) is 2.54. The molecule has 1 aliphatic rings. The van der Waals surface area contributed by atoms with Crippen LogP contribution in [0.5, 0.6) is 0 Å². The van der Waals surface area contributed by atoms with Crippen molar-refractivity contribution < 1.29 is 9.59 Å². The van der Waals surface area contributed by atoms with Gasteiger partial charge in [-0.25, -0.2) is 4.79 Å². The Kier molecular flexibility index (Phi) is 4.01. The number of carbonyl (C=O) groups excluding carboxylic acids is 2. The molecule has 1 aromatic carbocycles. The van der Waals surface area contributed by atoms with Gasteiger partial charge < -0.3 is 16.0 Å². The van der Waals surface area contributed by atoms with Crippen molar-refractivity contribution >= 4 is 27.7 Å². The summed E-state index contributed by atoms with van der Waals surface area (Å²) in [7, 11) is 0. The Morgan fingerprint density at radius 3 is 2.63 bits per heavy atom. The van der Waals surface area contributed by atoms with Crippen LogP contribution in [0.1, 0.15) is 17.3 Å². The number of urea groups is 1. The molecule has 0 saturated carbocycles. The molecule has 0 spiro atoms. The van der Waals surface area contributed by atoms with E-state index in [-0.39, 0.29) is 11.8 Å². The molecular formula is C13H14BrN3O2. The molecule has 100 valence electrons. The third-order valence-corrected chi connectivity index (χ3v) is 3.50. The first-order valence-electron chi connectivity index (χ1n) is 5.87. The van der Waals surface area contributed by atoms with Gasteiger partial charge in [-0.15, -0.1) is 0 Å². The van der Waals surface area contributed by atoms with Crippen LogP contribution in [0.4, 0.5) is 4.79 Å². The SMILES string of the molecule is CCN1C(=O)NC=C(C(=O)c2ccc(Br)cc2)C1N. The Labute approximate surface area is 119 Å². The predicted octanol–water partition coefficient (Wildman–Crippen LogP) is 1.85. The Morgan fingerprint density at radius 1 is 1.42 bits per heavy atom. The molecule has 1 aliphatic heterocycles. The lowest BCUT2D eigenvalue weighted by Crippen LogP contribution is -2.54. The van der Waals surface area contributed by atoms with Crippen LogP contribution in [0, 0.1) is 0 Å². The number of benzene rings is 1. The van der Waals surface area contributed by atoms with E-state index in [1.54, 1.807) is 24.3 Å². The van der Waals surface area contributed by atoms with Gasteiger partial charge in [-0.3, -0.25) is 4.79 Å². The van der Waals surface area contributed by atoms with E-state index in [1.165, 1.54) is 11.1 Å². The molecule has 0 aromatic heterocycles. The van der Waals surface area contributed by atoms with Gasteiger partial charge in [0.2, 0.25) is 0 Å². The standard InChI is InChI=1S/C13H14BrN3O2/c1-2-17-12(15)10(7-16-13(17)19)11(18)8-3-5-9(14)6-4-8/h3-7,12H,2,15H2,1H3,(H,16,19). The van der Waals surface area contributed by atoms with Crippen molar-refractivity contribution in [2.24, 2.45) is 5.73 Å². The summed E-state index contributed by atoms with van der Waals surface area (Å²) in [4.78, 5) is 25.3. The summed E-state index contributed by atoms with van der Waals surface area (Å²) in [6.45, 7) is 2.25. The maximum Gasteiger partial charge on any atom is 0.322 e. The van der Waals surface area contributed by atoms with Gasteiger partial charge in [0.25, 0.3) is 0 Å². The second-order valence-corrected chi connectivity index (χ2v) is 5.03. The fourth-order valence-electron chi connectivity index (χ4n) is 1.91. The molecule has 0 aliphatic carbocycles. The van der Waals surface area contributed by atoms with Gasteiger partial charge in [0.05, 0.1) is 5.57 Å². The molecule has 3 N–H and O–H groups in total. The predicted molar refractivity (Wildman–Crippen MR) is 75.4 cm³/mol. The van der Waals surface area contributed by atoms with E-state index < -0.39 is 6.17 Å². The number of hydrogen-bond acceptors (Lipinski definition) is 3. The minimum atomic E-state index is -0.713. The molecule has 1 unspecified atom stereocenters. The van der Waals surface area contributed by atoms with Crippen LogP contribution >= 0.6 is 15.9 Å². The summed E-state index contributed by atoms with van der Waals surface area (Å²) in [6, 6.07) is 6.72. The first-order valence-corrected chi connectivity index (χ1v) is 6.67. The minimum Gasteiger partial charge on any atom is -0.314 e. The van der Waals surface area contributed by atoms with Crippen molar-refractivity contribution in [3.8, 4) is 0 Å². The van der Waals surface area contributed by atoms with Crippen LogP contribution in [-0.4, -0.2) is 29.4 Å². The Hall–Kier alpha value is -1.66. The number of ketones is 1. The number of Topliss-reactive ketones (excluding diaryl/α,β-unsaturated/α-hetero) is 1. The van der Waals surface area contributed by atoms with Gasteiger partial charge in [-0.1, -0.05) is 15.9 Å². The maximum absolute atomic E-state index is 12.3. The van der Waals surface area contributed by atoms with Crippen LogP contribution in [0.25, 0.3) is 0 Å². The Morgan fingerprint density at radius 2 is 2.05 bits per heavy atom. The lowest BCUT2D eigenvalue weighted by atomic mass is 10.0. The average molecular weight is 324 g/mol. The zero-order valence-electron chi connectivity index (χ0n) is 10.4. The van der Waals surface area contributed by atoms with E-state index in [0.717, 1.165) is 4.47 Å². The number of halogens is 1. The van der Waals surface area contributed by atoms with Crippen molar-refractivity contribution in [1.82, 2.24) is 10.2 Å². The highest BCUT2D eigenvalue weighted by Gasteiger charge is 2.30. The van der Waals surface area contributed by atoms with Crippen LogP contribution in [0.3, 0.4) is 0 Å². The van der Waals surface area contributed by atoms with Crippen molar-refractivity contribution in [3.63, 3.8) is 0 Å². The number of nitrogens with zero attached hydrogens (tertiary/aromatic N) is 1. The Balaban J connectivity index is 2.28. The van der Waals surface area contributed by atoms with Crippen molar-refractivity contribution in [2.45, 2.75) is 13.1 Å². The largest absolute Gasteiger partial charge is 0.322 e. The summed E-state index contributed by atoms with van der Waals surface area (Å²) in [5.74, 6) is -0.182. The normalized spacial score (nSPS) is 18.9. The van der Waals surface area contributed by atoms with Crippen LogP contribution in [0.2, 0.25) is 0 Å². The first-order chi connectivity index (χ1) is 9.04. The summed E-state index contributed by atoms with van der Waals surface area (Å²) < 4.78 is 0.898. The third-order valence-electron chi connectivity index (χ3n) is 2.98. The minimum absolute atomic E-state index is 0.182. The van der Waals surface area contributed by atoms with Gasteiger partial charge in [0.15, 0.2) is 5.78 Å². The highest BCUT2D eigenvalue weighted by Crippen LogP contribution is 2.18. The zero-order chi connectivity index (χ0) is 14.0. The molecule has 0 fully saturated rings. The summed E-state index contributed by atoms with van der Waals surface area (Å²) in [6.07, 6.45) is 0.679. The molecule has 0 radical (unpaired) electrons. The quantitative estimate of drug-likeness (QED) is 0.833. The molecule has 1 atom stereocenters. The zero-order valence-corrected chi connectivity index (χ0v) is 12.0. The molecule has 0 saturated heterocycles. The molecule has 6 heteroatoms. The van der Waals surface area contributed by atoms with Crippen molar-refractivity contribution in [2.75, 3.05) is 6.54 Å². The van der Waals surface area contributed by atoms with Gasteiger partial charge in [-0.05, 0) is 31.2 Å². The molecule has 1 aromatic rings. The number of likely N-dealkylation sites (N-methyl/N-ethyl adjacent to an activating group) is 1. The number of nitrogens with two attached hydrogens (primary N) is 1. The number of nitrogens with one attached hydrogen (secondary N) is 1. The van der Waals surface area contributed by atoms with Crippen LogP contribution in [0.15, 0.2) is 40.5 Å². The molecule has 2 rings (SSSR count). The third kappa shape index (κ3) is 2.69. The lowest BCUT2D eigenvalue weighted by Gasteiger charge is -2.32. The van der Waals surface area contributed by atoms with Gasteiger partial charge >= 0.3 is 6.03 Å². The van der Waals surface area contributed by atoms with Gasteiger partial charge in [0, 0.05) is 22.8 Å². The topological polar surface area (TPSA) is 75.4 Å². The van der Waals surface area contributed by atoms with E-state index in [0.29, 0.717) is 17.7 Å². The van der Waals surface area contributed by atoms with E-state index in [4.69, 9.17) is 5.73 Å². The monoisotopic (exact) mass is 323 g/mol. The van der Waals surface area contributed by atoms with E-state index in [1.807, 2.05) is 6.92 Å². The maximum atomic E-state index is 12.3.